The molecule has 8 aromatic rings. The molecule has 2 nitrogen and oxygen atoms in total. The van der Waals surface area contributed by atoms with Crippen LogP contribution in [-0.2, 0) is 12.4 Å². The Morgan fingerprint density at radius 2 is 0.780 bits per heavy atom. The van der Waals surface area contributed by atoms with Crippen LogP contribution < -0.4 is 0 Å². The maximum absolute atomic E-state index is 13.6. The Morgan fingerprint density at radius 3 is 1.12 bits per heavy atom. The summed E-state index contributed by atoms with van der Waals surface area (Å²) in [4.78, 5) is 9.63. The molecule has 2 aromatic heterocycles. The number of pyridine rings is 2. The van der Waals surface area contributed by atoms with Gasteiger partial charge in [0, 0.05) is 22.5 Å². The van der Waals surface area contributed by atoms with Crippen molar-refractivity contribution in [3.63, 3.8) is 0 Å². The molecular formula is C42H26F6N2. The molecule has 0 aliphatic rings. The molecule has 8 heteroatoms. The third kappa shape index (κ3) is 5.32. The Morgan fingerprint density at radius 1 is 0.400 bits per heavy atom. The van der Waals surface area contributed by atoms with Gasteiger partial charge in [0.15, 0.2) is 0 Å². The molecule has 0 radical (unpaired) electrons. The molecule has 0 saturated carbocycles. The second-order valence-corrected chi connectivity index (χ2v) is 12.5. The molecule has 2 heterocycles. The third-order valence-corrected chi connectivity index (χ3v) is 9.27. The van der Waals surface area contributed by atoms with Crippen molar-refractivity contribution >= 4 is 32.3 Å². The lowest BCUT2D eigenvalue weighted by Crippen LogP contribution is -2.04. The van der Waals surface area contributed by atoms with Crippen LogP contribution >= 0.6 is 0 Å². The van der Waals surface area contributed by atoms with E-state index in [9.17, 15) is 26.3 Å². The van der Waals surface area contributed by atoms with E-state index in [2.05, 4.69) is 0 Å². The van der Waals surface area contributed by atoms with Crippen molar-refractivity contribution in [1.29, 1.82) is 0 Å². The number of nitrogens with zero attached hydrogens (tertiary/aromatic N) is 2. The van der Waals surface area contributed by atoms with Gasteiger partial charge in [-0.3, -0.25) is 9.97 Å². The summed E-state index contributed by atoms with van der Waals surface area (Å²) in [6, 6.07) is 33.6. The van der Waals surface area contributed by atoms with Gasteiger partial charge in [-0.2, -0.15) is 26.3 Å². The van der Waals surface area contributed by atoms with Gasteiger partial charge in [-0.05, 0) is 129 Å². The highest BCUT2D eigenvalue weighted by Gasteiger charge is 2.31. The summed E-state index contributed by atoms with van der Waals surface area (Å²) in [7, 11) is 0. The first-order chi connectivity index (χ1) is 23.9. The van der Waals surface area contributed by atoms with E-state index in [1.54, 1.807) is 0 Å². The number of rotatable bonds is 4. The Bertz CT molecular complexity index is 2390. The smallest absolute Gasteiger partial charge is 0.253 e. The predicted molar refractivity (Wildman–Crippen MR) is 187 cm³/mol. The van der Waals surface area contributed by atoms with Crippen molar-refractivity contribution in [1.82, 2.24) is 9.97 Å². The van der Waals surface area contributed by atoms with E-state index in [0.717, 1.165) is 102 Å². The minimum atomic E-state index is -4.48. The van der Waals surface area contributed by atoms with Gasteiger partial charge < -0.3 is 0 Å². The number of aryl methyl sites for hydroxylation is 2. The largest absolute Gasteiger partial charge is 0.416 e. The molecule has 0 amide bonds. The van der Waals surface area contributed by atoms with Crippen LogP contribution in [0.1, 0.15) is 22.5 Å². The lowest BCUT2D eigenvalue weighted by molar-refractivity contribution is -0.138. The van der Waals surface area contributed by atoms with Crippen molar-refractivity contribution in [3.05, 3.63) is 144 Å². The highest BCUT2D eigenvalue weighted by atomic mass is 19.4. The van der Waals surface area contributed by atoms with Gasteiger partial charge in [-0.15, -0.1) is 0 Å². The molecule has 0 aliphatic heterocycles. The molecule has 50 heavy (non-hydrogen) atoms. The van der Waals surface area contributed by atoms with Crippen molar-refractivity contribution in [2.24, 2.45) is 0 Å². The van der Waals surface area contributed by atoms with E-state index >= 15 is 0 Å². The Labute approximate surface area is 283 Å². The van der Waals surface area contributed by atoms with Crippen LogP contribution in [-0.4, -0.2) is 9.97 Å². The fraction of sp³-hybridized carbons (Fsp3) is 0.0952. The minimum absolute atomic E-state index is 0.610. The molecule has 0 unspecified atom stereocenters. The first-order valence-corrected chi connectivity index (χ1v) is 15.9. The topological polar surface area (TPSA) is 25.8 Å². The summed E-state index contributed by atoms with van der Waals surface area (Å²) in [5, 5.41) is 5.02. The van der Waals surface area contributed by atoms with Crippen LogP contribution in [0.15, 0.2) is 121 Å². The molecule has 6 aromatic carbocycles. The summed E-state index contributed by atoms with van der Waals surface area (Å²) in [6.45, 7) is 3.80. The average molecular weight is 673 g/mol. The van der Waals surface area contributed by atoms with Crippen molar-refractivity contribution < 1.29 is 26.3 Å². The van der Waals surface area contributed by atoms with Gasteiger partial charge in [0.2, 0.25) is 0 Å². The molecule has 246 valence electrons. The van der Waals surface area contributed by atoms with Crippen molar-refractivity contribution in [2.75, 3.05) is 0 Å². The summed E-state index contributed by atoms with van der Waals surface area (Å²) >= 11 is 0. The molecular weight excluding hydrogens is 646 g/mol. The van der Waals surface area contributed by atoms with Gasteiger partial charge in [-0.25, -0.2) is 0 Å². The van der Waals surface area contributed by atoms with Gasteiger partial charge in [0.25, 0.3) is 0 Å². The number of halogens is 6. The first-order valence-electron chi connectivity index (χ1n) is 15.9. The van der Waals surface area contributed by atoms with E-state index in [1.165, 1.54) is 24.3 Å². The lowest BCUT2D eigenvalue weighted by atomic mass is 9.82. The zero-order chi connectivity index (χ0) is 34.9. The second kappa shape index (κ2) is 11.4. The van der Waals surface area contributed by atoms with Gasteiger partial charge >= 0.3 is 12.4 Å². The minimum Gasteiger partial charge on any atom is -0.253 e. The summed E-state index contributed by atoms with van der Waals surface area (Å²) in [5.41, 5.74) is 5.93. The van der Waals surface area contributed by atoms with Crippen molar-refractivity contribution in [3.8, 4) is 44.8 Å². The molecule has 8 rings (SSSR count). The molecule has 0 saturated heterocycles. The van der Waals surface area contributed by atoms with Crippen LogP contribution in [0.3, 0.4) is 0 Å². The quantitative estimate of drug-likeness (QED) is 0.137. The number of hydrogen-bond acceptors (Lipinski definition) is 2. The maximum Gasteiger partial charge on any atom is 0.416 e. The number of alkyl halides is 6. The molecule has 0 N–H and O–H groups in total. The molecule has 0 atom stereocenters. The van der Waals surface area contributed by atoms with Gasteiger partial charge in [0.1, 0.15) is 0 Å². The van der Waals surface area contributed by atoms with E-state index < -0.39 is 23.5 Å². The third-order valence-electron chi connectivity index (χ3n) is 9.27. The van der Waals surface area contributed by atoms with Crippen LogP contribution in [0.2, 0.25) is 0 Å². The number of aromatic nitrogens is 2. The van der Waals surface area contributed by atoms with Gasteiger partial charge in [-0.1, -0.05) is 60.7 Å². The van der Waals surface area contributed by atoms with Crippen molar-refractivity contribution in [2.45, 2.75) is 26.2 Å². The average Bonchev–Trinajstić information content (AvgIpc) is 3.09. The standard InChI is InChI=1S/C42H26F6N2/c1-23-5-3-7-37(49-23)29-17-19-31-34(26-11-15-28(16-12-26)42(46,47)48)22-36-30(38-8-4-6-24(2)50-38)18-20-32-33(21-35(29)39(31)40(32)36)25-9-13-27(14-10-25)41(43,44)45/h3-22H,1-2H3. The summed E-state index contributed by atoms with van der Waals surface area (Å²) in [5.74, 6) is 0. The summed E-state index contributed by atoms with van der Waals surface area (Å²) in [6.07, 6.45) is -8.96. The maximum atomic E-state index is 13.6. The lowest BCUT2D eigenvalue weighted by Gasteiger charge is -2.22. The van der Waals surface area contributed by atoms with Crippen LogP contribution in [0.5, 0.6) is 0 Å². The van der Waals surface area contributed by atoms with E-state index in [4.69, 9.17) is 9.97 Å². The van der Waals surface area contributed by atoms with Crippen LogP contribution in [0.25, 0.3) is 77.1 Å². The first kappa shape index (κ1) is 31.5. The summed E-state index contributed by atoms with van der Waals surface area (Å²) < 4.78 is 81.5. The zero-order valence-corrected chi connectivity index (χ0v) is 26.7. The van der Waals surface area contributed by atoms with Crippen LogP contribution in [0, 0.1) is 13.8 Å². The monoisotopic (exact) mass is 672 g/mol. The fourth-order valence-corrected chi connectivity index (χ4v) is 6.96. The Balaban J connectivity index is 1.53. The fourth-order valence-electron chi connectivity index (χ4n) is 6.96. The highest BCUT2D eigenvalue weighted by Crippen LogP contribution is 2.49. The normalized spacial score (nSPS) is 12.4. The van der Waals surface area contributed by atoms with E-state index in [1.807, 2.05) is 86.6 Å². The SMILES string of the molecule is Cc1cccc(-c2ccc3c(-c4ccc(C(F)(F)F)cc4)cc4c(-c5cccc(C)n5)ccc5c(-c6ccc(C(F)(F)F)cc6)cc2c3c54)n1. The second-order valence-electron chi connectivity index (χ2n) is 12.5. The Hall–Kier alpha value is -5.76. The van der Waals surface area contributed by atoms with E-state index in [-0.39, 0.29) is 0 Å². The number of hydrogen-bond donors (Lipinski definition) is 0. The van der Waals surface area contributed by atoms with E-state index in [0.29, 0.717) is 11.1 Å². The zero-order valence-electron chi connectivity index (χ0n) is 26.7. The molecule has 0 fully saturated rings. The van der Waals surface area contributed by atoms with Gasteiger partial charge in [0.05, 0.1) is 22.5 Å². The molecule has 0 spiro atoms. The number of benzene rings is 6. The molecule has 0 bridgehead atoms. The molecule has 0 aliphatic carbocycles. The highest BCUT2D eigenvalue weighted by molar-refractivity contribution is 6.32. The van der Waals surface area contributed by atoms with Crippen LogP contribution in [0.4, 0.5) is 26.3 Å². The predicted octanol–water partition coefficient (Wildman–Crippen LogP) is 12.7. The Kier molecular flexibility index (Phi) is 7.19.